The summed E-state index contributed by atoms with van der Waals surface area (Å²) >= 11 is 1.59. The standard InChI is InChI=1S/C15H20N2O3S/c1-8(11-4-5-21-7-11)16-15(20)17-13-10-3-2-9(6-10)12(13)14(18)19/h4-5,7-10,12-13H,2-3,6H2,1H3,(H,18,19)(H2,16,17,20). The molecule has 2 bridgehead atoms. The molecule has 3 rings (SSSR count). The van der Waals surface area contributed by atoms with Crippen molar-refractivity contribution < 1.29 is 14.7 Å². The van der Waals surface area contributed by atoms with Crippen molar-refractivity contribution in [2.24, 2.45) is 17.8 Å². The van der Waals surface area contributed by atoms with Crippen LogP contribution in [0.2, 0.25) is 0 Å². The number of hydrogen-bond donors (Lipinski definition) is 3. The molecule has 1 aromatic heterocycles. The number of hydrogen-bond acceptors (Lipinski definition) is 3. The molecule has 6 heteroatoms. The molecule has 1 aromatic rings. The smallest absolute Gasteiger partial charge is 0.315 e. The first-order valence-corrected chi connectivity index (χ1v) is 8.32. The fourth-order valence-corrected chi connectivity index (χ4v) is 4.60. The van der Waals surface area contributed by atoms with Gasteiger partial charge in [-0.3, -0.25) is 4.79 Å². The van der Waals surface area contributed by atoms with E-state index in [-0.39, 0.29) is 24.0 Å². The Morgan fingerprint density at radius 2 is 2.14 bits per heavy atom. The summed E-state index contributed by atoms with van der Waals surface area (Å²) in [5, 5.41) is 19.2. The van der Waals surface area contributed by atoms with E-state index >= 15 is 0 Å². The second kappa shape index (κ2) is 5.67. The Hall–Kier alpha value is -1.56. The highest BCUT2D eigenvalue weighted by molar-refractivity contribution is 7.07. The van der Waals surface area contributed by atoms with Crippen molar-refractivity contribution in [2.45, 2.75) is 38.3 Å². The quantitative estimate of drug-likeness (QED) is 0.800. The summed E-state index contributed by atoms with van der Waals surface area (Å²) in [6, 6.07) is 1.42. The van der Waals surface area contributed by atoms with E-state index in [4.69, 9.17) is 0 Å². The number of urea groups is 1. The second-order valence-corrected chi connectivity index (χ2v) is 6.90. The maximum absolute atomic E-state index is 12.1. The average molecular weight is 308 g/mol. The maximum Gasteiger partial charge on any atom is 0.315 e. The van der Waals surface area contributed by atoms with Crippen molar-refractivity contribution in [2.75, 3.05) is 0 Å². The van der Waals surface area contributed by atoms with Gasteiger partial charge in [0, 0.05) is 6.04 Å². The van der Waals surface area contributed by atoms with E-state index in [1.54, 1.807) is 11.3 Å². The second-order valence-electron chi connectivity index (χ2n) is 6.12. The predicted molar refractivity (Wildman–Crippen MR) is 80.1 cm³/mol. The summed E-state index contributed by atoms with van der Waals surface area (Å²) < 4.78 is 0. The number of thiophene rings is 1. The monoisotopic (exact) mass is 308 g/mol. The third-order valence-electron chi connectivity index (χ3n) is 4.89. The van der Waals surface area contributed by atoms with Crippen LogP contribution < -0.4 is 10.6 Å². The molecule has 21 heavy (non-hydrogen) atoms. The number of aliphatic carboxylic acids is 1. The van der Waals surface area contributed by atoms with Crippen molar-refractivity contribution >= 4 is 23.3 Å². The number of carbonyl (C=O) groups is 2. The zero-order valence-electron chi connectivity index (χ0n) is 11.9. The van der Waals surface area contributed by atoms with Crippen LogP contribution in [0.25, 0.3) is 0 Å². The Bertz CT molecular complexity index is 531. The molecule has 0 radical (unpaired) electrons. The Morgan fingerprint density at radius 3 is 2.81 bits per heavy atom. The van der Waals surface area contributed by atoms with Gasteiger partial charge in [-0.2, -0.15) is 11.3 Å². The van der Waals surface area contributed by atoms with Crippen LogP contribution in [-0.2, 0) is 4.79 Å². The van der Waals surface area contributed by atoms with E-state index in [9.17, 15) is 14.7 Å². The lowest BCUT2D eigenvalue weighted by Crippen LogP contribution is -2.50. The minimum absolute atomic E-state index is 0.0712. The van der Waals surface area contributed by atoms with Crippen LogP contribution in [0.1, 0.15) is 37.8 Å². The lowest BCUT2D eigenvalue weighted by molar-refractivity contribution is -0.144. The molecular weight excluding hydrogens is 288 g/mol. The third-order valence-corrected chi connectivity index (χ3v) is 5.59. The van der Waals surface area contributed by atoms with Gasteiger partial charge in [0.15, 0.2) is 0 Å². The molecule has 2 fully saturated rings. The predicted octanol–water partition coefficient (Wildman–Crippen LogP) is 2.61. The van der Waals surface area contributed by atoms with Crippen molar-refractivity contribution in [3.05, 3.63) is 22.4 Å². The van der Waals surface area contributed by atoms with Crippen LogP contribution in [0.4, 0.5) is 4.79 Å². The van der Waals surface area contributed by atoms with Gasteiger partial charge in [0.2, 0.25) is 0 Å². The van der Waals surface area contributed by atoms with E-state index in [0.717, 1.165) is 24.8 Å². The normalized spacial score (nSPS) is 31.9. The van der Waals surface area contributed by atoms with E-state index in [1.807, 2.05) is 23.8 Å². The van der Waals surface area contributed by atoms with Crippen molar-refractivity contribution in [3.63, 3.8) is 0 Å². The molecule has 0 aliphatic heterocycles. The number of nitrogens with one attached hydrogen (secondary N) is 2. The summed E-state index contributed by atoms with van der Waals surface area (Å²) in [4.78, 5) is 23.6. The SMILES string of the molecule is CC(NC(=O)NC1C2CCC(C2)C1C(=O)O)c1ccsc1. The molecule has 0 spiro atoms. The van der Waals surface area contributed by atoms with Gasteiger partial charge in [-0.05, 0) is 60.4 Å². The fourth-order valence-electron chi connectivity index (χ4n) is 3.85. The lowest BCUT2D eigenvalue weighted by Gasteiger charge is -2.29. The minimum Gasteiger partial charge on any atom is -0.481 e. The molecule has 1 heterocycles. The Kier molecular flexibility index (Phi) is 3.89. The van der Waals surface area contributed by atoms with Crippen molar-refractivity contribution in [1.82, 2.24) is 10.6 Å². The first-order chi connectivity index (χ1) is 10.1. The van der Waals surface area contributed by atoms with Crippen molar-refractivity contribution in [1.29, 1.82) is 0 Å². The van der Waals surface area contributed by atoms with E-state index in [0.29, 0.717) is 5.92 Å². The van der Waals surface area contributed by atoms with Gasteiger partial charge in [0.05, 0.1) is 12.0 Å². The molecule has 2 aliphatic rings. The summed E-state index contributed by atoms with van der Waals surface area (Å²) in [6.45, 7) is 1.93. The third kappa shape index (κ3) is 2.77. The molecule has 5 atom stereocenters. The van der Waals surface area contributed by atoms with Gasteiger partial charge in [0.25, 0.3) is 0 Å². The average Bonchev–Trinajstić information content (AvgIpc) is 3.15. The van der Waals surface area contributed by atoms with Crippen LogP contribution in [0.5, 0.6) is 0 Å². The van der Waals surface area contributed by atoms with E-state index in [1.165, 1.54) is 0 Å². The highest BCUT2D eigenvalue weighted by Gasteiger charge is 2.51. The van der Waals surface area contributed by atoms with E-state index in [2.05, 4.69) is 10.6 Å². The summed E-state index contributed by atoms with van der Waals surface area (Å²) in [5.74, 6) is -0.658. The molecule has 0 aromatic carbocycles. The fraction of sp³-hybridized carbons (Fsp3) is 0.600. The number of carboxylic acids is 1. The number of carbonyl (C=O) groups excluding carboxylic acids is 1. The van der Waals surface area contributed by atoms with Gasteiger partial charge in [0.1, 0.15) is 0 Å². The highest BCUT2D eigenvalue weighted by Crippen LogP contribution is 2.48. The first kappa shape index (κ1) is 14.4. The number of rotatable bonds is 4. The molecule has 2 amide bonds. The van der Waals surface area contributed by atoms with Gasteiger partial charge < -0.3 is 15.7 Å². The Balaban J connectivity index is 1.60. The molecule has 3 N–H and O–H groups in total. The molecule has 114 valence electrons. The maximum atomic E-state index is 12.1. The summed E-state index contributed by atoms with van der Waals surface area (Å²) in [6.07, 6.45) is 2.94. The summed E-state index contributed by atoms with van der Waals surface area (Å²) in [5.41, 5.74) is 1.07. The molecule has 5 unspecified atom stereocenters. The van der Waals surface area contributed by atoms with E-state index < -0.39 is 11.9 Å². The Morgan fingerprint density at radius 1 is 1.38 bits per heavy atom. The molecule has 2 saturated carbocycles. The van der Waals surface area contributed by atoms with Crippen molar-refractivity contribution in [3.8, 4) is 0 Å². The zero-order chi connectivity index (χ0) is 15.0. The van der Waals surface area contributed by atoms with Gasteiger partial charge in [-0.15, -0.1) is 0 Å². The number of amides is 2. The van der Waals surface area contributed by atoms with Gasteiger partial charge in [-0.25, -0.2) is 4.79 Å². The molecule has 2 aliphatic carbocycles. The van der Waals surface area contributed by atoms with Crippen LogP contribution in [0, 0.1) is 17.8 Å². The lowest BCUT2D eigenvalue weighted by atomic mass is 9.84. The number of carboxylic acid groups (broad SMARTS) is 1. The molecule has 0 saturated heterocycles. The van der Waals surface area contributed by atoms with Crippen LogP contribution in [-0.4, -0.2) is 23.1 Å². The summed E-state index contributed by atoms with van der Waals surface area (Å²) in [7, 11) is 0. The molecule has 5 nitrogen and oxygen atoms in total. The van der Waals surface area contributed by atoms with Gasteiger partial charge >= 0.3 is 12.0 Å². The van der Waals surface area contributed by atoms with Crippen LogP contribution in [0.15, 0.2) is 16.8 Å². The van der Waals surface area contributed by atoms with Crippen LogP contribution in [0.3, 0.4) is 0 Å². The largest absolute Gasteiger partial charge is 0.481 e. The highest BCUT2D eigenvalue weighted by atomic mass is 32.1. The Labute approximate surface area is 127 Å². The van der Waals surface area contributed by atoms with Gasteiger partial charge in [-0.1, -0.05) is 0 Å². The molecular formula is C15H20N2O3S. The minimum atomic E-state index is -0.779. The number of fused-ring (bicyclic) bond motifs is 2. The first-order valence-electron chi connectivity index (χ1n) is 7.38. The van der Waals surface area contributed by atoms with Crippen LogP contribution >= 0.6 is 11.3 Å². The topological polar surface area (TPSA) is 78.4 Å². The zero-order valence-corrected chi connectivity index (χ0v) is 12.7.